The summed E-state index contributed by atoms with van der Waals surface area (Å²) in [5.41, 5.74) is 1.06. The van der Waals surface area contributed by atoms with E-state index in [0.29, 0.717) is 6.04 Å². The van der Waals surface area contributed by atoms with E-state index in [1.807, 2.05) is 24.3 Å². The zero-order chi connectivity index (χ0) is 13.1. The number of benzene rings is 1. The molecule has 1 unspecified atom stereocenters. The lowest BCUT2D eigenvalue weighted by Gasteiger charge is -2.21. The molecule has 0 saturated heterocycles. The van der Waals surface area contributed by atoms with Crippen LogP contribution < -0.4 is 10.1 Å². The molecule has 0 bridgehead atoms. The maximum absolute atomic E-state index is 12.2. The molecule has 98 valence electrons. The summed E-state index contributed by atoms with van der Waals surface area (Å²) in [4.78, 5) is 12.2. The van der Waals surface area contributed by atoms with Gasteiger partial charge in [0.05, 0.1) is 13.0 Å². The van der Waals surface area contributed by atoms with Gasteiger partial charge in [0.15, 0.2) is 0 Å². The lowest BCUT2D eigenvalue weighted by atomic mass is 9.87. The largest absolute Gasteiger partial charge is 0.497 e. The molecule has 0 aliphatic heterocycles. The van der Waals surface area contributed by atoms with Gasteiger partial charge in [-0.15, -0.1) is 0 Å². The molecule has 1 fully saturated rings. The smallest absolute Gasteiger partial charge is 0.228 e. The molecular formula is C15H21NO2. The molecule has 3 nitrogen and oxygen atoms in total. The van der Waals surface area contributed by atoms with Crippen molar-refractivity contribution in [1.82, 2.24) is 5.32 Å². The maximum atomic E-state index is 12.2. The van der Waals surface area contributed by atoms with Crippen molar-refractivity contribution in [3.63, 3.8) is 0 Å². The predicted molar refractivity (Wildman–Crippen MR) is 71.7 cm³/mol. The fourth-order valence-electron chi connectivity index (χ4n) is 2.17. The highest BCUT2D eigenvalue weighted by atomic mass is 16.5. The molecule has 2 rings (SSSR count). The molecule has 1 aromatic rings. The Kier molecular flexibility index (Phi) is 3.90. The van der Waals surface area contributed by atoms with E-state index < -0.39 is 0 Å². The predicted octanol–water partition coefficient (Wildman–Crippen LogP) is 2.71. The molecule has 0 heterocycles. The summed E-state index contributed by atoms with van der Waals surface area (Å²) >= 11 is 0. The van der Waals surface area contributed by atoms with E-state index >= 15 is 0 Å². The van der Waals surface area contributed by atoms with E-state index in [-0.39, 0.29) is 17.7 Å². The first-order chi connectivity index (χ1) is 8.61. The average molecular weight is 247 g/mol. The molecule has 1 aliphatic carbocycles. The molecule has 3 heteroatoms. The van der Waals surface area contributed by atoms with Gasteiger partial charge < -0.3 is 10.1 Å². The van der Waals surface area contributed by atoms with Gasteiger partial charge in [-0.2, -0.15) is 0 Å². The van der Waals surface area contributed by atoms with E-state index in [9.17, 15) is 4.79 Å². The zero-order valence-corrected chi connectivity index (χ0v) is 11.3. The first kappa shape index (κ1) is 12.9. The van der Waals surface area contributed by atoms with Crippen molar-refractivity contribution in [3.8, 4) is 5.75 Å². The molecule has 1 saturated carbocycles. The van der Waals surface area contributed by atoms with Crippen LogP contribution in [-0.4, -0.2) is 19.1 Å². The van der Waals surface area contributed by atoms with Crippen LogP contribution in [0.2, 0.25) is 0 Å². The standard InChI is InChI=1S/C15H21NO2/c1-10(2)14(15(17)16-12-6-7-12)11-4-8-13(18-3)9-5-11/h4-5,8-10,12,14H,6-7H2,1-3H3,(H,16,17). The number of ether oxygens (including phenoxy) is 1. The summed E-state index contributed by atoms with van der Waals surface area (Å²) in [5.74, 6) is 1.19. The van der Waals surface area contributed by atoms with Gasteiger partial charge in [0.2, 0.25) is 5.91 Å². The molecular weight excluding hydrogens is 226 g/mol. The number of amides is 1. The van der Waals surface area contributed by atoms with Gasteiger partial charge >= 0.3 is 0 Å². The van der Waals surface area contributed by atoms with Crippen LogP contribution in [0.4, 0.5) is 0 Å². The van der Waals surface area contributed by atoms with Gasteiger partial charge in [0.1, 0.15) is 5.75 Å². The van der Waals surface area contributed by atoms with E-state index in [4.69, 9.17) is 4.74 Å². The van der Waals surface area contributed by atoms with Crippen molar-refractivity contribution in [1.29, 1.82) is 0 Å². The Morgan fingerprint density at radius 1 is 1.28 bits per heavy atom. The van der Waals surface area contributed by atoms with Crippen LogP contribution in [0.15, 0.2) is 24.3 Å². The third-order valence-electron chi connectivity index (χ3n) is 3.35. The van der Waals surface area contributed by atoms with Crippen molar-refractivity contribution < 1.29 is 9.53 Å². The maximum Gasteiger partial charge on any atom is 0.228 e. The van der Waals surface area contributed by atoms with E-state index in [2.05, 4.69) is 19.2 Å². The van der Waals surface area contributed by atoms with Gasteiger partial charge in [-0.1, -0.05) is 26.0 Å². The molecule has 1 aliphatic rings. The Balaban J connectivity index is 2.14. The van der Waals surface area contributed by atoms with Crippen LogP contribution in [0.25, 0.3) is 0 Å². The second kappa shape index (κ2) is 5.42. The van der Waals surface area contributed by atoms with Crippen molar-refractivity contribution in [2.75, 3.05) is 7.11 Å². The highest BCUT2D eigenvalue weighted by Crippen LogP contribution is 2.28. The highest BCUT2D eigenvalue weighted by molar-refractivity contribution is 5.84. The average Bonchev–Trinajstić information content (AvgIpc) is 3.13. The van der Waals surface area contributed by atoms with Crippen LogP contribution in [0.1, 0.15) is 38.2 Å². The first-order valence-corrected chi connectivity index (χ1v) is 6.56. The fourth-order valence-corrected chi connectivity index (χ4v) is 2.17. The number of nitrogens with one attached hydrogen (secondary N) is 1. The molecule has 1 atom stereocenters. The summed E-state index contributed by atoms with van der Waals surface area (Å²) in [6.45, 7) is 4.17. The molecule has 1 amide bonds. The second-order valence-corrected chi connectivity index (χ2v) is 5.28. The second-order valence-electron chi connectivity index (χ2n) is 5.28. The van der Waals surface area contributed by atoms with Crippen LogP contribution in [0.5, 0.6) is 5.75 Å². The minimum Gasteiger partial charge on any atom is -0.497 e. The Hall–Kier alpha value is -1.51. The highest BCUT2D eigenvalue weighted by Gasteiger charge is 2.29. The molecule has 0 aromatic heterocycles. The SMILES string of the molecule is COc1ccc(C(C(=O)NC2CC2)C(C)C)cc1. The summed E-state index contributed by atoms with van der Waals surface area (Å²) in [7, 11) is 1.65. The molecule has 1 N–H and O–H groups in total. The summed E-state index contributed by atoms with van der Waals surface area (Å²) < 4.78 is 5.14. The number of rotatable bonds is 5. The first-order valence-electron chi connectivity index (χ1n) is 6.56. The number of hydrogen-bond acceptors (Lipinski definition) is 2. The fraction of sp³-hybridized carbons (Fsp3) is 0.533. The minimum atomic E-state index is -0.0727. The number of hydrogen-bond donors (Lipinski definition) is 1. The number of methoxy groups -OCH3 is 1. The van der Waals surface area contributed by atoms with Crippen LogP contribution in [0, 0.1) is 5.92 Å². The van der Waals surface area contributed by atoms with Crippen LogP contribution >= 0.6 is 0 Å². The van der Waals surface area contributed by atoms with E-state index in [1.54, 1.807) is 7.11 Å². The third-order valence-corrected chi connectivity index (χ3v) is 3.35. The Morgan fingerprint density at radius 2 is 1.89 bits per heavy atom. The van der Waals surface area contributed by atoms with Gasteiger partial charge in [0, 0.05) is 6.04 Å². The minimum absolute atomic E-state index is 0.0727. The van der Waals surface area contributed by atoms with Crippen molar-refractivity contribution >= 4 is 5.91 Å². The summed E-state index contributed by atoms with van der Waals surface area (Å²) in [6.07, 6.45) is 2.25. The third kappa shape index (κ3) is 3.03. The van der Waals surface area contributed by atoms with E-state index in [1.165, 1.54) is 0 Å². The quantitative estimate of drug-likeness (QED) is 0.868. The summed E-state index contributed by atoms with van der Waals surface area (Å²) in [5, 5.41) is 3.09. The summed E-state index contributed by atoms with van der Waals surface area (Å²) in [6, 6.07) is 8.20. The van der Waals surface area contributed by atoms with Gasteiger partial charge in [-0.05, 0) is 36.5 Å². The number of carbonyl (C=O) groups is 1. The van der Waals surface area contributed by atoms with Crippen LogP contribution in [0.3, 0.4) is 0 Å². The lowest BCUT2D eigenvalue weighted by molar-refractivity contribution is -0.123. The van der Waals surface area contributed by atoms with E-state index in [0.717, 1.165) is 24.2 Å². The number of carbonyl (C=O) groups excluding carboxylic acids is 1. The Morgan fingerprint density at radius 3 is 2.33 bits per heavy atom. The zero-order valence-electron chi connectivity index (χ0n) is 11.3. The van der Waals surface area contributed by atoms with Gasteiger partial charge in [-0.3, -0.25) is 4.79 Å². The monoisotopic (exact) mass is 247 g/mol. The van der Waals surface area contributed by atoms with Crippen LogP contribution in [-0.2, 0) is 4.79 Å². The molecule has 0 spiro atoms. The normalized spacial score (nSPS) is 16.4. The molecule has 18 heavy (non-hydrogen) atoms. The van der Waals surface area contributed by atoms with Crippen molar-refractivity contribution in [2.45, 2.75) is 38.6 Å². The Labute approximate surface area is 109 Å². The van der Waals surface area contributed by atoms with Crippen molar-refractivity contribution in [2.24, 2.45) is 5.92 Å². The van der Waals surface area contributed by atoms with Gasteiger partial charge in [0.25, 0.3) is 0 Å². The molecule has 1 aromatic carbocycles. The topological polar surface area (TPSA) is 38.3 Å². The Bertz CT molecular complexity index is 407. The lowest BCUT2D eigenvalue weighted by Crippen LogP contribution is -2.33. The molecule has 0 radical (unpaired) electrons. The van der Waals surface area contributed by atoms with Crippen molar-refractivity contribution in [3.05, 3.63) is 29.8 Å². The van der Waals surface area contributed by atoms with Gasteiger partial charge in [-0.25, -0.2) is 0 Å².